The van der Waals surface area contributed by atoms with Crippen molar-refractivity contribution in [2.45, 2.75) is 19.8 Å². The highest BCUT2D eigenvalue weighted by atomic mass is 127. The molecule has 1 rings (SSSR count). The summed E-state index contributed by atoms with van der Waals surface area (Å²) < 4.78 is 1.94. The topological polar surface area (TPSA) is 55.2 Å². The van der Waals surface area contributed by atoms with Crippen LogP contribution in [-0.4, -0.2) is 11.5 Å². The quantitative estimate of drug-likeness (QED) is 0.322. The molecule has 0 radical (unpaired) electrons. The van der Waals surface area contributed by atoms with Crippen LogP contribution in [0.15, 0.2) is 12.1 Å². The second kappa shape index (κ2) is 6.58. The van der Waals surface area contributed by atoms with Crippen molar-refractivity contribution < 1.29 is 4.92 Å². The molecule has 0 atom stereocenters. The normalized spacial score (nSPS) is 10.2. The summed E-state index contributed by atoms with van der Waals surface area (Å²) in [6.45, 7) is 2.86. The van der Waals surface area contributed by atoms with Crippen molar-refractivity contribution in [3.05, 3.63) is 29.4 Å². The Bertz CT molecular complexity index is 397. The van der Waals surface area contributed by atoms with Crippen LogP contribution in [0.3, 0.4) is 0 Å². The van der Waals surface area contributed by atoms with Crippen LogP contribution in [0.1, 0.15) is 19.8 Å². The maximum absolute atomic E-state index is 10.9. The number of nitro groups is 1. The van der Waals surface area contributed by atoms with Crippen LogP contribution in [0.5, 0.6) is 0 Å². The van der Waals surface area contributed by atoms with Gasteiger partial charge in [0.15, 0.2) is 0 Å². The van der Waals surface area contributed by atoms with Gasteiger partial charge in [-0.2, -0.15) is 0 Å². The average Bonchev–Trinajstić information content (AvgIpc) is 2.23. The van der Waals surface area contributed by atoms with Gasteiger partial charge in [-0.25, -0.2) is 0 Å². The number of benzene rings is 1. The maximum atomic E-state index is 10.9. The molecule has 0 bridgehead atoms. The molecule has 0 heterocycles. The van der Waals surface area contributed by atoms with Crippen molar-refractivity contribution in [2.75, 3.05) is 11.9 Å². The van der Waals surface area contributed by atoms with E-state index in [4.69, 9.17) is 0 Å². The highest BCUT2D eigenvalue weighted by molar-refractivity contribution is 14.1. The molecule has 16 heavy (non-hydrogen) atoms. The summed E-state index contributed by atoms with van der Waals surface area (Å²) >= 11 is 4.29. The first-order valence-electron chi connectivity index (χ1n) is 4.93. The average molecular weight is 446 g/mol. The summed E-state index contributed by atoms with van der Waals surface area (Å²) in [6.07, 6.45) is 2.09. The Morgan fingerprint density at radius 1 is 1.38 bits per heavy atom. The van der Waals surface area contributed by atoms with Crippen LogP contribution < -0.4 is 5.32 Å². The number of nitrogens with one attached hydrogen (secondary N) is 1. The summed E-state index contributed by atoms with van der Waals surface area (Å²) in [4.78, 5) is 10.5. The van der Waals surface area contributed by atoms with Gasteiger partial charge in [-0.05, 0) is 57.7 Å². The molecule has 0 amide bonds. The van der Waals surface area contributed by atoms with Crippen LogP contribution in [0, 0.1) is 17.3 Å². The monoisotopic (exact) mass is 446 g/mol. The number of hydrogen-bond donors (Lipinski definition) is 1. The van der Waals surface area contributed by atoms with Crippen molar-refractivity contribution in [1.82, 2.24) is 0 Å². The molecule has 0 fully saturated rings. The van der Waals surface area contributed by atoms with Crippen LogP contribution in [0.25, 0.3) is 0 Å². The zero-order valence-electron chi connectivity index (χ0n) is 8.80. The Kier molecular flexibility index (Phi) is 5.73. The van der Waals surface area contributed by atoms with Crippen molar-refractivity contribution in [2.24, 2.45) is 0 Å². The van der Waals surface area contributed by atoms with E-state index in [1.165, 1.54) is 0 Å². The summed E-state index contributed by atoms with van der Waals surface area (Å²) in [5.74, 6) is 0. The van der Waals surface area contributed by atoms with Gasteiger partial charge in [0.05, 0.1) is 4.92 Å². The van der Waals surface area contributed by atoms with Crippen molar-refractivity contribution in [3.63, 3.8) is 0 Å². The highest BCUT2D eigenvalue weighted by Crippen LogP contribution is 2.30. The zero-order chi connectivity index (χ0) is 12.1. The molecule has 0 aliphatic rings. The fraction of sp³-hybridized carbons (Fsp3) is 0.400. The molecule has 1 N–H and O–H groups in total. The van der Waals surface area contributed by atoms with Crippen LogP contribution in [0.2, 0.25) is 0 Å². The first-order valence-corrected chi connectivity index (χ1v) is 7.09. The lowest BCUT2D eigenvalue weighted by molar-refractivity contribution is -0.384. The standard InChI is InChI=1S/C10H12I2N2O2/c1-2-3-4-13-9-5-7(11)8(12)6-10(9)14(15)16/h5-6,13H,2-4H2,1H3. The molecular formula is C10H12I2N2O2. The van der Waals surface area contributed by atoms with E-state index in [9.17, 15) is 10.1 Å². The van der Waals surface area contributed by atoms with E-state index in [1.807, 2.05) is 6.07 Å². The Hall–Kier alpha value is -0.120. The van der Waals surface area contributed by atoms with Gasteiger partial charge in [-0.15, -0.1) is 0 Å². The van der Waals surface area contributed by atoms with Crippen molar-refractivity contribution in [1.29, 1.82) is 0 Å². The molecule has 0 aromatic heterocycles. The molecule has 0 aliphatic carbocycles. The maximum Gasteiger partial charge on any atom is 0.293 e. The van der Waals surface area contributed by atoms with Gasteiger partial charge in [0.25, 0.3) is 5.69 Å². The third-order valence-corrected chi connectivity index (χ3v) is 4.90. The molecule has 4 nitrogen and oxygen atoms in total. The van der Waals surface area contributed by atoms with Crippen molar-refractivity contribution >= 4 is 56.6 Å². The lowest BCUT2D eigenvalue weighted by Crippen LogP contribution is -2.05. The first kappa shape index (κ1) is 13.9. The Morgan fingerprint density at radius 3 is 2.56 bits per heavy atom. The molecule has 0 unspecified atom stereocenters. The van der Waals surface area contributed by atoms with E-state index in [0.29, 0.717) is 5.69 Å². The summed E-state index contributed by atoms with van der Waals surface area (Å²) in [5, 5.41) is 14.0. The molecule has 1 aromatic carbocycles. The van der Waals surface area contributed by atoms with E-state index in [1.54, 1.807) is 6.07 Å². The van der Waals surface area contributed by atoms with Crippen molar-refractivity contribution in [3.8, 4) is 0 Å². The number of hydrogen-bond acceptors (Lipinski definition) is 3. The number of nitro benzene ring substituents is 1. The van der Waals surface area contributed by atoms with E-state index in [0.717, 1.165) is 26.5 Å². The number of halogens is 2. The Labute approximate surface area is 122 Å². The minimum Gasteiger partial charge on any atom is -0.379 e. The largest absolute Gasteiger partial charge is 0.379 e. The molecule has 1 aromatic rings. The molecule has 0 aliphatic heterocycles. The second-order valence-electron chi connectivity index (χ2n) is 3.32. The van der Waals surface area contributed by atoms with Crippen LogP contribution in [-0.2, 0) is 0 Å². The minimum atomic E-state index is -0.341. The van der Waals surface area contributed by atoms with Gasteiger partial charge in [0.1, 0.15) is 5.69 Å². The second-order valence-corrected chi connectivity index (χ2v) is 5.65. The molecular weight excluding hydrogens is 434 g/mol. The van der Waals surface area contributed by atoms with Crippen LogP contribution >= 0.6 is 45.2 Å². The molecule has 6 heteroatoms. The third kappa shape index (κ3) is 3.72. The van der Waals surface area contributed by atoms with E-state index in [-0.39, 0.29) is 10.6 Å². The fourth-order valence-electron chi connectivity index (χ4n) is 1.23. The predicted molar refractivity (Wildman–Crippen MR) is 81.9 cm³/mol. The SMILES string of the molecule is CCCCNc1cc(I)c(I)cc1[N+](=O)[O-]. The summed E-state index contributed by atoms with van der Waals surface area (Å²) in [5.41, 5.74) is 0.768. The zero-order valence-corrected chi connectivity index (χ0v) is 13.1. The summed E-state index contributed by atoms with van der Waals surface area (Å²) in [7, 11) is 0. The van der Waals surface area contributed by atoms with E-state index >= 15 is 0 Å². The minimum absolute atomic E-state index is 0.154. The Balaban J connectivity index is 2.95. The molecule has 0 saturated heterocycles. The predicted octanol–water partition coefficient (Wildman–Crippen LogP) is 4.02. The smallest absolute Gasteiger partial charge is 0.293 e. The van der Waals surface area contributed by atoms with Gasteiger partial charge in [-0.1, -0.05) is 13.3 Å². The lowest BCUT2D eigenvalue weighted by atomic mass is 10.2. The molecule has 88 valence electrons. The highest BCUT2D eigenvalue weighted by Gasteiger charge is 2.15. The Morgan fingerprint density at radius 2 is 2.00 bits per heavy atom. The van der Waals surface area contributed by atoms with Gasteiger partial charge in [0, 0.05) is 19.8 Å². The number of anilines is 1. The number of unbranched alkanes of at least 4 members (excludes halogenated alkanes) is 1. The van der Waals surface area contributed by atoms with E-state index < -0.39 is 0 Å². The molecule has 0 spiro atoms. The molecule has 0 saturated carbocycles. The van der Waals surface area contributed by atoms with Crippen LogP contribution in [0.4, 0.5) is 11.4 Å². The first-order chi connectivity index (χ1) is 7.56. The third-order valence-electron chi connectivity index (χ3n) is 2.08. The van der Waals surface area contributed by atoms with Gasteiger partial charge in [0.2, 0.25) is 0 Å². The lowest BCUT2D eigenvalue weighted by Gasteiger charge is -2.07. The number of rotatable bonds is 5. The van der Waals surface area contributed by atoms with E-state index in [2.05, 4.69) is 57.4 Å². The van der Waals surface area contributed by atoms with Gasteiger partial charge < -0.3 is 5.32 Å². The fourth-order valence-corrected chi connectivity index (χ4v) is 2.15. The van der Waals surface area contributed by atoms with Gasteiger partial charge >= 0.3 is 0 Å². The van der Waals surface area contributed by atoms with Gasteiger partial charge in [-0.3, -0.25) is 10.1 Å². The number of nitrogens with zero attached hydrogens (tertiary/aromatic N) is 1. The summed E-state index contributed by atoms with van der Waals surface area (Å²) in [6, 6.07) is 3.44.